The van der Waals surface area contributed by atoms with Gasteiger partial charge in [0.1, 0.15) is 0 Å². The molecule has 2 N–H and O–H groups in total. The summed E-state index contributed by atoms with van der Waals surface area (Å²) >= 11 is 1.81. The summed E-state index contributed by atoms with van der Waals surface area (Å²) in [7, 11) is 1.85. The lowest BCUT2D eigenvalue weighted by molar-refractivity contribution is 0.134. The van der Waals surface area contributed by atoms with Gasteiger partial charge in [0.2, 0.25) is 0 Å². The minimum atomic E-state index is 0. The van der Waals surface area contributed by atoms with Crippen molar-refractivity contribution < 1.29 is 0 Å². The first-order chi connectivity index (χ1) is 13.7. The lowest BCUT2D eigenvalue weighted by atomic mass is 9.97. The number of nitrogens with one attached hydrogen (secondary N) is 2. The Hall–Kier alpha value is -1.19. The molecule has 0 aliphatic carbocycles. The maximum Gasteiger partial charge on any atom is 0.191 e. The third-order valence-corrected chi connectivity index (χ3v) is 6.59. The van der Waals surface area contributed by atoms with Gasteiger partial charge in [0, 0.05) is 56.3 Å². The Morgan fingerprint density at radius 2 is 2.10 bits per heavy atom. The second kappa shape index (κ2) is 12.5. The summed E-state index contributed by atoms with van der Waals surface area (Å²) in [6.07, 6.45) is 6.29. The molecule has 0 radical (unpaired) electrons. The van der Waals surface area contributed by atoms with Gasteiger partial charge < -0.3 is 10.6 Å². The summed E-state index contributed by atoms with van der Waals surface area (Å²) in [5.41, 5.74) is 1.40. The molecule has 1 aliphatic heterocycles. The van der Waals surface area contributed by atoms with Crippen molar-refractivity contribution in [2.45, 2.75) is 58.2 Å². The van der Waals surface area contributed by atoms with E-state index < -0.39 is 0 Å². The van der Waals surface area contributed by atoms with Crippen molar-refractivity contribution in [1.29, 1.82) is 0 Å². The summed E-state index contributed by atoms with van der Waals surface area (Å²) < 4.78 is 0. The number of rotatable bonds is 7. The Kier molecular flexibility index (Phi) is 10.4. The Labute approximate surface area is 196 Å². The van der Waals surface area contributed by atoms with E-state index in [9.17, 15) is 0 Å². The van der Waals surface area contributed by atoms with Gasteiger partial charge in [-0.1, -0.05) is 37.3 Å². The van der Waals surface area contributed by atoms with Crippen molar-refractivity contribution in [2.24, 2.45) is 4.99 Å². The van der Waals surface area contributed by atoms with Crippen LogP contribution in [0.2, 0.25) is 0 Å². The number of guanidine groups is 1. The molecular weight excluding hydrogens is 493 g/mol. The van der Waals surface area contributed by atoms with Crippen molar-refractivity contribution in [2.75, 3.05) is 20.1 Å². The summed E-state index contributed by atoms with van der Waals surface area (Å²) in [5, 5.41) is 8.27. The molecule has 29 heavy (non-hydrogen) atoms. The number of halogens is 1. The quantitative estimate of drug-likeness (QED) is 0.324. The van der Waals surface area contributed by atoms with Crippen LogP contribution >= 0.6 is 35.3 Å². The van der Waals surface area contributed by atoms with Crippen LogP contribution in [0.3, 0.4) is 0 Å². The van der Waals surface area contributed by atoms with E-state index in [1.54, 1.807) is 0 Å². The van der Waals surface area contributed by atoms with Crippen LogP contribution in [0, 0.1) is 0 Å². The average Bonchev–Trinajstić information content (AvgIpc) is 3.18. The molecule has 160 valence electrons. The molecule has 1 aliphatic rings. The predicted octanol–water partition coefficient (Wildman–Crippen LogP) is 4.08. The van der Waals surface area contributed by atoms with Crippen molar-refractivity contribution in [1.82, 2.24) is 20.5 Å². The normalized spacial score (nSPS) is 20.2. The maximum absolute atomic E-state index is 4.49. The van der Waals surface area contributed by atoms with Crippen LogP contribution in [0.4, 0.5) is 0 Å². The number of hydrogen-bond acceptors (Lipinski definition) is 4. The number of nitrogens with zero attached hydrogens (tertiary/aromatic N) is 3. The van der Waals surface area contributed by atoms with Gasteiger partial charge in [-0.15, -0.1) is 35.3 Å². The molecule has 1 saturated heterocycles. The number of hydrogen-bond donors (Lipinski definition) is 2. The first-order valence-corrected chi connectivity index (χ1v) is 11.2. The lowest BCUT2D eigenvalue weighted by Crippen LogP contribution is -2.51. The number of aryl methyl sites for hydroxylation is 1. The molecule has 1 fully saturated rings. The highest BCUT2D eigenvalue weighted by Crippen LogP contribution is 2.20. The molecular formula is C22H34IN5S. The van der Waals surface area contributed by atoms with Crippen LogP contribution < -0.4 is 10.6 Å². The monoisotopic (exact) mass is 527 g/mol. The SMILES string of the molecule is CCc1cnc(CCNC(=NC)NC2CCN(Cc3ccccc3)C(C)C2)s1.I. The van der Waals surface area contributed by atoms with E-state index in [2.05, 4.69) is 69.7 Å². The molecule has 0 bridgehead atoms. The number of aromatic nitrogens is 1. The Morgan fingerprint density at radius 3 is 2.76 bits per heavy atom. The first kappa shape index (κ1) is 24.1. The average molecular weight is 528 g/mol. The minimum absolute atomic E-state index is 0. The number of piperidine rings is 1. The van der Waals surface area contributed by atoms with Crippen molar-refractivity contribution in [3.63, 3.8) is 0 Å². The number of benzene rings is 1. The second-order valence-electron chi connectivity index (χ2n) is 7.49. The molecule has 2 atom stereocenters. The van der Waals surface area contributed by atoms with Gasteiger partial charge in [0.25, 0.3) is 0 Å². The van der Waals surface area contributed by atoms with Crippen LogP contribution in [-0.4, -0.2) is 48.1 Å². The topological polar surface area (TPSA) is 52.6 Å². The fraction of sp³-hybridized carbons (Fsp3) is 0.545. The van der Waals surface area contributed by atoms with Crippen LogP contribution in [0.1, 0.15) is 42.1 Å². The van der Waals surface area contributed by atoms with Gasteiger partial charge in [-0.05, 0) is 31.7 Å². The minimum Gasteiger partial charge on any atom is -0.356 e. The molecule has 1 aromatic carbocycles. The molecule has 2 heterocycles. The van der Waals surface area contributed by atoms with Gasteiger partial charge in [0.05, 0.1) is 5.01 Å². The fourth-order valence-electron chi connectivity index (χ4n) is 3.71. The van der Waals surface area contributed by atoms with Gasteiger partial charge in [0.15, 0.2) is 5.96 Å². The van der Waals surface area contributed by atoms with Gasteiger partial charge in [-0.25, -0.2) is 4.98 Å². The van der Waals surface area contributed by atoms with Gasteiger partial charge in [-0.2, -0.15) is 0 Å². The standard InChI is InChI=1S/C22H33N5S.HI/c1-4-20-15-25-21(28-20)10-12-24-22(23-3)26-19-11-13-27(17(2)14-19)16-18-8-6-5-7-9-18;/h5-9,15,17,19H,4,10-14,16H2,1-3H3,(H2,23,24,26);1H. The van der Waals surface area contributed by atoms with Crippen LogP contribution in [0.15, 0.2) is 41.5 Å². The summed E-state index contributed by atoms with van der Waals surface area (Å²) in [5.74, 6) is 0.904. The van der Waals surface area contributed by atoms with Crippen LogP contribution in [0.5, 0.6) is 0 Å². The largest absolute Gasteiger partial charge is 0.356 e. The third-order valence-electron chi connectivity index (χ3n) is 5.39. The zero-order valence-corrected chi connectivity index (χ0v) is 20.9. The predicted molar refractivity (Wildman–Crippen MR) is 134 cm³/mol. The van der Waals surface area contributed by atoms with Crippen molar-refractivity contribution in [3.05, 3.63) is 52.0 Å². The zero-order chi connectivity index (χ0) is 19.8. The molecule has 0 saturated carbocycles. The Bertz CT molecular complexity index is 749. The number of thiazole rings is 1. The Morgan fingerprint density at radius 1 is 1.31 bits per heavy atom. The third kappa shape index (κ3) is 7.53. The second-order valence-corrected chi connectivity index (χ2v) is 8.69. The smallest absolute Gasteiger partial charge is 0.191 e. The first-order valence-electron chi connectivity index (χ1n) is 10.4. The highest BCUT2D eigenvalue weighted by molar-refractivity contribution is 14.0. The van der Waals surface area contributed by atoms with Crippen molar-refractivity contribution in [3.8, 4) is 0 Å². The van der Waals surface area contributed by atoms with Gasteiger partial charge >= 0.3 is 0 Å². The molecule has 5 nitrogen and oxygen atoms in total. The van der Waals surface area contributed by atoms with E-state index in [0.717, 1.165) is 51.3 Å². The molecule has 1 aromatic heterocycles. The van der Waals surface area contributed by atoms with E-state index in [1.807, 2.05) is 24.6 Å². The fourth-order valence-corrected chi connectivity index (χ4v) is 4.57. The highest BCUT2D eigenvalue weighted by atomic mass is 127. The van der Waals surface area contributed by atoms with E-state index in [1.165, 1.54) is 15.4 Å². The number of aliphatic imine (C=N–C) groups is 1. The van der Waals surface area contributed by atoms with E-state index >= 15 is 0 Å². The molecule has 0 spiro atoms. The lowest BCUT2D eigenvalue weighted by Gasteiger charge is -2.38. The molecule has 0 amide bonds. The van der Waals surface area contributed by atoms with Crippen LogP contribution in [0.25, 0.3) is 0 Å². The van der Waals surface area contributed by atoms with E-state index in [0.29, 0.717) is 12.1 Å². The van der Waals surface area contributed by atoms with E-state index in [-0.39, 0.29) is 24.0 Å². The summed E-state index contributed by atoms with van der Waals surface area (Å²) in [4.78, 5) is 12.8. The summed E-state index contributed by atoms with van der Waals surface area (Å²) in [6, 6.07) is 11.8. The summed E-state index contributed by atoms with van der Waals surface area (Å²) in [6.45, 7) is 7.52. The molecule has 2 unspecified atom stereocenters. The number of likely N-dealkylation sites (tertiary alicyclic amines) is 1. The van der Waals surface area contributed by atoms with Crippen molar-refractivity contribution >= 4 is 41.3 Å². The highest BCUT2D eigenvalue weighted by Gasteiger charge is 2.25. The zero-order valence-electron chi connectivity index (χ0n) is 17.7. The Balaban J connectivity index is 0.00000300. The molecule has 7 heteroatoms. The molecule has 3 rings (SSSR count). The van der Waals surface area contributed by atoms with E-state index in [4.69, 9.17) is 0 Å². The van der Waals surface area contributed by atoms with Crippen LogP contribution in [-0.2, 0) is 19.4 Å². The van der Waals surface area contributed by atoms with Gasteiger partial charge in [-0.3, -0.25) is 9.89 Å². The molecule has 2 aromatic rings. The maximum atomic E-state index is 4.49.